The molecule has 20 heavy (non-hydrogen) atoms. The summed E-state index contributed by atoms with van der Waals surface area (Å²) >= 11 is 12.3. The third kappa shape index (κ3) is 4.14. The van der Waals surface area contributed by atoms with Gasteiger partial charge in [0.2, 0.25) is 0 Å². The van der Waals surface area contributed by atoms with Crippen LogP contribution in [0.4, 0.5) is 0 Å². The molecule has 4 heteroatoms. The van der Waals surface area contributed by atoms with Gasteiger partial charge in [-0.05, 0) is 42.8 Å². The number of rotatable bonds is 6. The van der Waals surface area contributed by atoms with Crippen molar-refractivity contribution in [2.45, 2.75) is 19.9 Å². The Labute approximate surface area is 129 Å². The molecule has 2 nitrogen and oxygen atoms in total. The van der Waals surface area contributed by atoms with E-state index in [4.69, 9.17) is 27.9 Å². The maximum Gasteiger partial charge on any atom is 0.146 e. The smallest absolute Gasteiger partial charge is 0.146 e. The van der Waals surface area contributed by atoms with Gasteiger partial charge < -0.3 is 10.1 Å². The SMILES string of the molecule is CCCNCc1ccc(Oc2ccccc2Cl)c(Cl)c1. The van der Waals surface area contributed by atoms with Crippen LogP contribution in [0, 0.1) is 0 Å². The van der Waals surface area contributed by atoms with E-state index in [1.807, 2.05) is 36.4 Å². The zero-order valence-electron chi connectivity index (χ0n) is 11.3. The average molecular weight is 310 g/mol. The summed E-state index contributed by atoms with van der Waals surface area (Å²) in [5.74, 6) is 1.21. The van der Waals surface area contributed by atoms with Crippen LogP contribution in [-0.2, 0) is 6.54 Å². The predicted molar refractivity (Wildman–Crippen MR) is 85.0 cm³/mol. The number of halogens is 2. The molecule has 2 aromatic carbocycles. The molecule has 106 valence electrons. The molecule has 0 unspecified atom stereocenters. The maximum atomic E-state index is 6.25. The van der Waals surface area contributed by atoms with Crippen molar-refractivity contribution in [2.75, 3.05) is 6.54 Å². The first-order valence-electron chi connectivity index (χ1n) is 6.62. The number of ether oxygens (including phenoxy) is 1. The molecule has 0 aliphatic carbocycles. The summed E-state index contributed by atoms with van der Waals surface area (Å²) in [6.07, 6.45) is 1.11. The van der Waals surface area contributed by atoms with Gasteiger partial charge in [-0.15, -0.1) is 0 Å². The lowest BCUT2D eigenvalue weighted by molar-refractivity contribution is 0.483. The molecule has 0 saturated heterocycles. The van der Waals surface area contributed by atoms with E-state index < -0.39 is 0 Å². The first-order valence-corrected chi connectivity index (χ1v) is 7.38. The van der Waals surface area contributed by atoms with Gasteiger partial charge in [-0.1, -0.05) is 48.3 Å². The van der Waals surface area contributed by atoms with Gasteiger partial charge in [0.25, 0.3) is 0 Å². The number of benzene rings is 2. The van der Waals surface area contributed by atoms with Crippen LogP contribution >= 0.6 is 23.2 Å². The number of hydrogen-bond donors (Lipinski definition) is 1. The van der Waals surface area contributed by atoms with Crippen LogP contribution in [0.1, 0.15) is 18.9 Å². The van der Waals surface area contributed by atoms with Gasteiger partial charge in [0.05, 0.1) is 10.0 Å². The van der Waals surface area contributed by atoms with E-state index in [1.54, 1.807) is 6.07 Å². The Morgan fingerprint density at radius 2 is 1.75 bits per heavy atom. The first kappa shape index (κ1) is 15.2. The van der Waals surface area contributed by atoms with Crippen LogP contribution in [-0.4, -0.2) is 6.54 Å². The lowest BCUT2D eigenvalue weighted by Crippen LogP contribution is -2.13. The second-order valence-corrected chi connectivity index (χ2v) is 5.29. The topological polar surface area (TPSA) is 21.3 Å². The summed E-state index contributed by atoms with van der Waals surface area (Å²) in [5.41, 5.74) is 1.13. The van der Waals surface area contributed by atoms with Crippen molar-refractivity contribution < 1.29 is 4.74 Å². The molecule has 0 fully saturated rings. The number of para-hydroxylation sites is 1. The van der Waals surface area contributed by atoms with Crippen molar-refractivity contribution in [3.8, 4) is 11.5 Å². The highest BCUT2D eigenvalue weighted by molar-refractivity contribution is 6.32. The van der Waals surface area contributed by atoms with Crippen LogP contribution in [0.3, 0.4) is 0 Å². The molecule has 0 saturated carbocycles. The van der Waals surface area contributed by atoms with E-state index in [0.29, 0.717) is 21.5 Å². The van der Waals surface area contributed by atoms with Crippen LogP contribution in [0.2, 0.25) is 10.0 Å². The predicted octanol–water partition coefficient (Wildman–Crippen LogP) is 5.29. The van der Waals surface area contributed by atoms with Crippen LogP contribution < -0.4 is 10.1 Å². The summed E-state index contributed by atoms with van der Waals surface area (Å²) < 4.78 is 5.74. The summed E-state index contributed by atoms with van der Waals surface area (Å²) in [4.78, 5) is 0. The van der Waals surface area contributed by atoms with Crippen molar-refractivity contribution >= 4 is 23.2 Å². The van der Waals surface area contributed by atoms with Gasteiger partial charge in [0.15, 0.2) is 0 Å². The Kier molecular flexibility index (Phi) is 5.72. The van der Waals surface area contributed by atoms with Crippen LogP contribution in [0.5, 0.6) is 11.5 Å². The van der Waals surface area contributed by atoms with Crippen molar-refractivity contribution in [1.29, 1.82) is 0 Å². The standard InChI is InChI=1S/C16H17Cl2NO/c1-2-9-19-11-12-7-8-16(14(18)10-12)20-15-6-4-3-5-13(15)17/h3-8,10,19H,2,9,11H2,1H3. The van der Waals surface area contributed by atoms with Crippen molar-refractivity contribution in [1.82, 2.24) is 5.32 Å². The van der Waals surface area contributed by atoms with E-state index in [-0.39, 0.29) is 0 Å². The largest absolute Gasteiger partial charge is 0.454 e. The Hall–Kier alpha value is -1.22. The molecule has 2 aromatic rings. The number of hydrogen-bond acceptors (Lipinski definition) is 2. The second kappa shape index (κ2) is 7.53. The summed E-state index contributed by atoms with van der Waals surface area (Å²) in [5, 5.41) is 4.49. The maximum absolute atomic E-state index is 6.25. The molecule has 2 rings (SSSR count). The fourth-order valence-electron chi connectivity index (χ4n) is 1.79. The molecule has 0 bridgehead atoms. The molecule has 0 atom stereocenters. The zero-order chi connectivity index (χ0) is 14.4. The van der Waals surface area contributed by atoms with Crippen molar-refractivity contribution in [3.05, 3.63) is 58.1 Å². The minimum Gasteiger partial charge on any atom is -0.454 e. The van der Waals surface area contributed by atoms with E-state index in [9.17, 15) is 0 Å². The number of nitrogens with one attached hydrogen (secondary N) is 1. The molecule has 0 aromatic heterocycles. The normalized spacial score (nSPS) is 10.6. The fraction of sp³-hybridized carbons (Fsp3) is 0.250. The molecule has 0 amide bonds. The molecular formula is C16H17Cl2NO. The minimum atomic E-state index is 0.567. The quantitative estimate of drug-likeness (QED) is 0.732. The molecule has 0 spiro atoms. The Morgan fingerprint density at radius 3 is 2.45 bits per heavy atom. The molecular weight excluding hydrogens is 293 g/mol. The van der Waals surface area contributed by atoms with E-state index >= 15 is 0 Å². The Morgan fingerprint density at radius 1 is 1.00 bits per heavy atom. The van der Waals surface area contributed by atoms with Crippen molar-refractivity contribution in [2.24, 2.45) is 0 Å². The summed E-state index contributed by atoms with van der Waals surface area (Å²) in [6.45, 7) is 3.94. The van der Waals surface area contributed by atoms with Gasteiger partial charge in [0.1, 0.15) is 11.5 Å². The molecule has 1 N–H and O–H groups in total. The van der Waals surface area contributed by atoms with Gasteiger partial charge in [-0.25, -0.2) is 0 Å². The monoisotopic (exact) mass is 309 g/mol. The zero-order valence-corrected chi connectivity index (χ0v) is 12.8. The van der Waals surface area contributed by atoms with E-state index in [0.717, 1.165) is 25.1 Å². The van der Waals surface area contributed by atoms with E-state index in [1.165, 1.54) is 0 Å². The van der Waals surface area contributed by atoms with E-state index in [2.05, 4.69) is 12.2 Å². The van der Waals surface area contributed by atoms with Gasteiger partial charge in [-0.2, -0.15) is 0 Å². The van der Waals surface area contributed by atoms with Gasteiger partial charge in [-0.3, -0.25) is 0 Å². The Bertz CT molecular complexity index is 572. The molecule has 0 radical (unpaired) electrons. The Balaban J connectivity index is 2.08. The third-order valence-corrected chi connectivity index (χ3v) is 3.42. The highest BCUT2D eigenvalue weighted by Gasteiger charge is 2.07. The molecule has 0 aliphatic rings. The fourth-order valence-corrected chi connectivity index (χ4v) is 2.21. The van der Waals surface area contributed by atoms with Crippen LogP contribution in [0.15, 0.2) is 42.5 Å². The lowest BCUT2D eigenvalue weighted by Gasteiger charge is -2.10. The highest BCUT2D eigenvalue weighted by atomic mass is 35.5. The first-order chi connectivity index (χ1) is 9.70. The minimum absolute atomic E-state index is 0.567. The summed E-state index contributed by atoms with van der Waals surface area (Å²) in [7, 11) is 0. The van der Waals surface area contributed by atoms with Gasteiger partial charge in [0, 0.05) is 6.54 Å². The third-order valence-electron chi connectivity index (χ3n) is 2.81. The second-order valence-electron chi connectivity index (χ2n) is 4.47. The van der Waals surface area contributed by atoms with Crippen LogP contribution in [0.25, 0.3) is 0 Å². The highest BCUT2D eigenvalue weighted by Crippen LogP contribution is 2.33. The molecule has 0 aliphatic heterocycles. The summed E-state index contributed by atoms with van der Waals surface area (Å²) in [6, 6.07) is 13.1. The lowest BCUT2D eigenvalue weighted by atomic mass is 10.2. The average Bonchev–Trinajstić information content (AvgIpc) is 2.44. The van der Waals surface area contributed by atoms with Crippen molar-refractivity contribution in [3.63, 3.8) is 0 Å². The molecule has 0 heterocycles. The van der Waals surface area contributed by atoms with Gasteiger partial charge >= 0.3 is 0 Å².